The highest BCUT2D eigenvalue weighted by molar-refractivity contribution is 6.08. The van der Waals surface area contributed by atoms with Gasteiger partial charge in [-0.05, 0) is 45.8 Å². The Labute approximate surface area is 273 Å². The number of hydrogen-bond donors (Lipinski definition) is 0. The Kier molecular flexibility index (Phi) is 6.55. The van der Waals surface area contributed by atoms with Crippen LogP contribution in [0.15, 0.2) is 103 Å². The van der Waals surface area contributed by atoms with E-state index in [0.717, 1.165) is 39.1 Å². The van der Waals surface area contributed by atoms with Crippen LogP contribution in [0, 0.1) is 0 Å². The predicted molar refractivity (Wildman–Crippen MR) is 183 cm³/mol. The first kappa shape index (κ1) is 28.8. The summed E-state index contributed by atoms with van der Waals surface area (Å²) in [5.74, 6) is 2.10. The highest BCUT2D eigenvalue weighted by Crippen LogP contribution is 2.58. The molecular weight excluding hydrogens is 586 g/mol. The number of benzene rings is 5. The van der Waals surface area contributed by atoms with Crippen LogP contribution in [0.25, 0.3) is 39.4 Å². The number of fused-ring (bicyclic) bond motifs is 8. The lowest BCUT2D eigenvalue weighted by molar-refractivity contribution is 0.163. The smallest absolute Gasteiger partial charge is 0.322 e. The number of aromatic nitrogens is 3. The van der Waals surface area contributed by atoms with Crippen molar-refractivity contribution >= 4 is 16.8 Å². The van der Waals surface area contributed by atoms with E-state index in [9.17, 15) is 0 Å². The van der Waals surface area contributed by atoms with Crippen molar-refractivity contribution < 1.29 is 18.9 Å². The van der Waals surface area contributed by atoms with Crippen LogP contribution in [0.3, 0.4) is 0 Å². The van der Waals surface area contributed by atoms with Gasteiger partial charge >= 0.3 is 12.0 Å². The lowest BCUT2D eigenvalue weighted by Crippen LogP contribution is -2.35. The molecule has 47 heavy (non-hydrogen) atoms. The second kappa shape index (κ2) is 10.7. The van der Waals surface area contributed by atoms with Crippen LogP contribution in [0.2, 0.25) is 0 Å². The Balaban J connectivity index is 1.34. The van der Waals surface area contributed by atoms with Crippen molar-refractivity contribution in [3.05, 3.63) is 131 Å². The van der Waals surface area contributed by atoms with Gasteiger partial charge in [0.1, 0.15) is 11.5 Å². The Hall–Kier alpha value is -5.69. The Bertz CT molecular complexity index is 2190. The summed E-state index contributed by atoms with van der Waals surface area (Å²) in [5.41, 5.74) is 7.90. The van der Waals surface area contributed by atoms with Crippen molar-refractivity contribution in [3.8, 4) is 46.0 Å². The molecule has 1 unspecified atom stereocenters. The maximum atomic E-state index is 7.41. The second-order valence-corrected chi connectivity index (χ2v) is 12.3. The number of methoxy groups -OCH3 is 3. The van der Waals surface area contributed by atoms with Crippen molar-refractivity contribution in [2.24, 2.45) is 0 Å². The van der Waals surface area contributed by atoms with Crippen molar-refractivity contribution in [1.29, 1.82) is 0 Å². The molecule has 0 N–H and O–H groups in total. The SMILES string of the molecule is COc1ccc(C2(c3ccc(-c4nc(OC)nc(OC)n4)cc3)C=Cc3c4c(c5ccccc5c3O2)-c2ccccc2C4(C)C)cc1. The lowest BCUT2D eigenvalue weighted by atomic mass is 9.76. The third-order valence-corrected chi connectivity index (χ3v) is 9.50. The first-order valence-electron chi connectivity index (χ1n) is 15.5. The van der Waals surface area contributed by atoms with Crippen molar-refractivity contribution in [2.45, 2.75) is 24.9 Å². The fourth-order valence-electron chi connectivity index (χ4n) is 7.23. The van der Waals surface area contributed by atoms with Gasteiger partial charge in [0.2, 0.25) is 0 Å². The number of hydrogen-bond acceptors (Lipinski definition) is 7. The van der Waals surface area contributed by atoms with E-state index in [0.29, 0.717) is 5.82 Å². The van der Waals surface area contributed by atoms with E-state index in [2.05, 4.69) is 114 Å². The molecule has 0 spiro atoms. The topological polar surface area (TPSA) is 75.6 Å². The molecule has 1 aliphatic heterocycles. The van der Waals surface area contributed by atoms with Crippen molar-refractivity contribution in [1.82, 2.24) is 15.0 Å². The Morgan fingerprint density at radius 2 is 1.26 bits per heavy atom. The summed E-state index contributed by atoms with van der Waals surface area (Å²) in [7, 11) is 4.71. The van der Waals surface area contributed by atoms with Gasteiger partial charge < -0.3 is 18.9 Å². The molecular formula is C40H33N3O4. The molecule has 7 heteroatoms. The Morgan fingerprint density at radius 3 is 1.91 bits per heavy atom. The van der Waals surface area contributed by atoms with E-state index in [1.807, 2.05) is 24.3 Å². The summed E-state index contributed by atoms with van der Waals surface area (Å²) >= 11 is 0. The monoisotopic (exact) mass is 619 g/mol. The van der Waals surface area contributed by atoms with Gasteiger partial charge in [-0.3, -0.25) is 0 Å². The molecule has 0 amide bonds. The summed E-state index contributed by atoms with van der Waals surface area (Å²) in [6.45, 7) is 4.63. The molecule has 232 valence electrons. The third-order valence-electron chi connectivity index (χ3n) is 9.50. The molecule has 0 fully saturated rings. The largest absolute Gasteiger partial charge is 0.497 e. The van der Waals surface area contributed by atoms with Gasteiger partial charge in [-0.25, -0.2) is 0 Å². The first-order chi connectivity index (χ1) is 22.9. The van der Waals surface area contributed by atoms with Crippen LogP contribution >= 0.6 is 0 Å². The number of rotatable bonds is 6. The molecule has 6 aromatic rings. The molecule has 5 aromatic carbocycles. The standard InChI is InChI=1S/C40H33N3O4/c1-39(2)32-13-9-8-12-30(32)33-28-10-6-7-11-29(28)35-31(34(33)39)22-23-40(47-35,26-18-20-27(44-3)21-19-26)25-16-14-24(15-17-25)36-41-37(45-4)43-38(42-36)46-5/h6-23H,1-5H3. The van der Waals surface area contributed by atoms with Crippen LogP contribution < -0.4 is 18.9 Å². The van der Waals surface area contributed by atoms with Crippen molar-refractivity contribution in [3.63, 3.8) is 0 Å². The summed E-state index contributed by atoms with van der Waals surface area (Å²) < 4.78 is 23.5. The maximum absolute atomic E-state index is 7.41. The van der Waals surface area contributed by atoms with Crippen LogP contribution in [0.4, 0.5) is 0 Å². The second-order valence-electron chi connectivity index (χ2n) is 12.3. The molecule has 1 atom stereocenters. The average Bonchev–Trinajstić information content (AvgIpc) is 3.38. The normalized spacial score (nSPS) is 17.0. The van der Waals surface area contributed by atoms with Crippen LogP contribution in [-0.2, 0) is 11.0 Å². The Morgan fingerprint density at radius 1 is 0.638 bits per heavy atom. The predicted octanol–water partition coefficient (Wildman–Crippen LogP) is 8.37. The van der Waals surface area contributed by atoms with Crippen LogP contribution in [0.1, 0.15) is 41.7 Å². The first-order valence-corrected chi connectivity index (χ1v) is 15.5. The van der Waals surface area contributed by atoms with E-state index < -0.39 is 5.60 Å². The summed E-state index contributed by atoms with van der Waals surface area (Å²) in [5, 5.41) is 2.27. The van der Waals surface area contributed by atoms with Crippen molar-refractivity contribution in [2.75, 3.05) is 21.3 Å². The van der Waals surface area contributed by atoms with E-state index in [4.69, 9.17) is 18.9 Å². The van der Waals surface area contributed by atoms with E-state index >= 15 is 0 Å². The summed E-state index contributed by atoms with van der Waals surface area (Å²) in [6, 6.07) is 33.9. The molecule has 0 bridgehead atoms. The minimum atomic E-state index is -0.932. The molecule has 0 radical (unpaired) electrons. The number of ether oxygens (including phenoxy) is 4. The molecule has 0 saturated heterocycles. The fourth-order valence-corrected chi connectivity index (χ4v) is 7.23. The summed E-state index contributed by atoms with van der Waals surface area (Å²) in [4.78, 5) is 13.0. The minimum absolute atomic E-state index is 0.185. The number of nitrogens with zero attached hydrogens (tertiary/aromatic N) is 3. The van der Waals surface area contributed by atoms with E-state index in [1.54, 1.807) is 7.11 Å². The molecule has 1 aromatic heterocycles. The minimum Gasteiger partial charge on any atom is -0.497 e. The average molecular weight is 620 g/mol. The molecule has 7 nitrogen and oxygen atoms in total. The van der Waals surface area contributed by atoms with Gasteiger partial charge in [0.05, 0.1) is 21.3 Å². The quantitative estimate of drug-likeness (QED) is 0.185. The van der Waals surface area contributed by atoms with Gasteiger partial charge in [0.15, 0.2) is 11.4 Å². The van der Waals surface area contributed by atoms with Gasteiger partial charge in [-0.2, -0.15) is 9.97 Å². The third kappa shape index (κ3) is 4.30. The fraction of sp³-hybridized carbons (Fsp3) is 0.175. The zero-order chi connectivity index (χ0) is 32.3. The van der Waals surface area contributed by atoms with E-state index in [1.165, 1.54) is 41.9 Å². The highest BCUT2D eigenvalue weighted by atomic mass is 16.5. The van der Waals surface area contributed by atoms with Gasteiger partial charge in [0.25, 0.3) is 0 Å². The molecule has 2 aliphatic rings. The van der Waals surface area contributed by atoms with Gasteiger partial charge in [-0.15, -0.1) is 4.98 Å². The summed E-state index contributed by atoms with van der Waals surface area (Å²) in [6.07, 6.45) is 4.45. The highest BCUT2D eigenvalue weighted by Gasteiger charge is 2.44. The zero-order valence-electron chi connectivity index (χ0n) is 26.9. The molecule has 0 saturated carbocycles. The maximum Gasteiger partial charge on any atom is 0.322 e. The molecule has 1 aliphatic carbocycles. The molecule has 2 heterocycles. The van der Waals surface area contributed by atoms with Crippen LogP contribution in [0.5, 0.6) is 23.5 Å². The van der Waals surface area contributed by atoms with Crippen LogP contribution in [-0.4, -0.2) is 36.3 Å². The van der Waals surface area contributed by atoms with Gasteiger partial charge in [0, 0.05) is 33.1 Å². The van der Waals surface area contributed by atoms with Gasteiger partial charge in [-0.1, -0.05) is 105 Å². The molecule has 8 rings (SSSR count). The zero-order valence-corrected chi connectivity index (χ0v) is 26.9. The lowest BCUT2D eigenvalue weighted by Gasteiger charge is -2.38. The van der Waals surface area contributed by atoms with E-state index in [-0.39, 0.29) is 17.4 Å².